The molecule has 0 atom stereocenters. The average molecular weight is 192 g/mol. The molecular formula is C14H24. The first-order valence-corrected chi connectivity index (χ1v) is 6.27. The van der Waals surface area contributed by atoms with Crippen LogP contribution in [0.4, 0.5) is 0 Å². The third-order valence-corrected chi connectivity index (χ3v) is 4.14. The highest BCUT2D eigenvalue weighted by Crippen LogP contribution is 2.49. The van der Waals surface area contributed by atoms with Crippen molar-refractivity contribution in [1.29, 1.82) is 0 Å². The van der Waals surface area contributed by atoms with Gasteiger partial charge in [0.25, 0.3) is 0 Å². The molecule has 2 rings (SSSR count). The maximum Gasteiger partial charge on any atom is -0.0291 e. The van der Waals surface area contributed by atoms with E-state index in [1.807, 2.05) is 0 Å². The van der Waals surface area contributed by atoms with E-state index in [0.717, 1.165) is 5.41 Å². The molecule has 0 saturated heterocycles. The second-order valence-electron chi connectivity index (χ2n) is 6.19. The Morgan fingerprint density at radius 1 is 0.929 bits per heavy atom. The lowest BCUT2D eigenvalue weighted by atomic mass is 10.0. The van der Waals surface area contributed by atoms with Crippen molar-refractivity contribution in [3.63, 3.8) is 0 Å². The van der Waals surface area contributed by atoms with Gasteiger partial charge in [-0.2, -0.15) is 0 Å². The largest absolute Gasteiger partial charge is 0.0885 e. The summed E-state index contributed by atoms with van der Waals surface area (Å²) in [6.07, 6.45) is 16.2. The zero-order valence-corrected chi connectivity index (χ0v) is 9.81. The van der Waals surface area contributed by atoms with E-state index >= 15 is 0 Å². The first kappa shape index (κ1) is 10.3. The van der Waals surface area contributed by atoms with Crippen LogP contribution in [-0.2, 0) is 0 Å². The lowest BCUT2D eigenvalue weighted by Gasteiger charge is -2.05. The topological polar surface area (TPSA) is 0 Å². The van der Waals surface area contributed by atoms with Crippen LogP contribution >= 0.6 is 0 Å². The molecule has 14 heavy (non-hydrogen) atoms. The van der Waals surface area contributed by atoms with Gasteiger partial charge in [0.15, 0.2) is 0 Å². The Hall–Kier alpha value is -0.260. The van der Waals surface area contributed by atoms with Gasteiger partial charge in [-0.05, 0) is 62.2 Å². The summed E-state index contributed by atoms with van der Waals surface area (Å²) in [5.41, 5.74) is 1.47. The number of unbranched alkanes of at least 4 members (excludes halogenated alkanes) is 1. The van der Waals surface area contributed by atoms with Crippen molar-refractivity contribution in [2.45, 2.75) is 65.2 Å². The molecule has 0 nitrogen and oxygen atoms in total. The van der Waals surface area contributed by atoms with E-state index in [4.69, 9.17) is 0 Å². The number of hydrogen-bond donors (Lipinski definition) is 0. The molecule has 0 aromatic rings. The van der Waals surface area contributed by atoms with Crippen LogP contribution in [0.5, 0.6) is 0 Å². The summed E-state index contributed by atoms with van der Waals surface area (Å²) in [7, 11) is 0. The molecule has 2 aliphatic rings. The molecule has 2 fully saturated rings. The highest BCUT2D eigenvalue weighted by Gasteiger charge is 2.36. The van der Waals surface area contributed by atoms with Crippen LogP contribution in [0, 0.1) is 10.8 Å². The van der Waals surface area contributed by atoms with Crippen molar-refractivity contribution < 1.29 is 0 Å². The van der Waals surface area contributed by atoms with Gasteiger partial charge in [0, 0.05) is 0 Å². The van der Waals surface area contributed by atoms with Gasteiger partial charge in [-0.15, -0.1) is 0 Å². The second kappa shape index (κ2) is 3.72. The molecule has 0 radical (unpaired) electrons. The maximum atomic E-state index is 2.43. The molecule has 80 valence electrons. The molecule has 2 aliphatic carbocycles. The van der Waals surface area contributed by atoms with Gasteiger partial charge in [0.05, 0.1) is 0 Å². The monoisotopic (exact) mass is 192 g/mol. The van der Waals surface area contributed by atoms with Gasteiger partial charge in [0.2, 0.25) is 0 Å². The van der Waals surface area contributed by atoms with Crippen LogP contribution in [0.25, 0.3) is 0 Å². The Bertz CT molecular complexity index is 216. The molecule has 0 heterocycles. The Kier molecular flexibility index (Phi) is 2.72. The van der Waals surface area contributed by atoms with Crippen LogP contribution in [0.1, 0.15) is 65.2 Å². The van der Waals surface area contributed by atoms with Gasteiger partial charge in [-0.25, -0.2) is 0 Å². The summed E-state index contributed by atoms with van der Waals surface area (Å²) < 4.78 is 0. The van der Waals surface area contributed by atoms with Gasteiger partial charge in [0.1, 0.15) is 0 Å². The average Bonchev–Trinajstić information content (AvgIpc) is 3.02. The minimum Gasteiger partial charge on any atom is -0.0885 e. The lowest BCUT2D eigenvalue weighted by molar-refractivity contribution is 0.497. The summed E-state index contributed by atoms with van der Waals surface area (Å²) >= 11 is 0. The van der Waals surface area contributed by atoms with Crippen molar-refractivity contribution in [3.05, 3.63) is 12.2 Å². The first-order valence-electron chi connectivity index (χ1n) is 6.27. The summed E-state index contributed by atoms with van der Waals surface area (Å²) in [6, 6.07) is 0. The van der Waals surface area contributed by atoms with E-state index in [9.17, 15) is 0 Å². The maximum absolute atomic E-state index is 2.43. The molecule has 0 bridgehead atoms. The van der Waals surface area contributed by atoms with E-state index in [-0.39, 0.29) is 0 Å². The molecular weight excluding hydrogens is 168 g/mol. The molecule has 0 unspecified atom stereocenters. The SMILES string of the molecule is CC1(C/C=C\CCCC2(C)CC2)CC1. The van der Waals surface area contributed by atoms with Gasteiger partial charge in [-0.1, -0.05) is 26.0 Å². The quantitative estimate of drug-likeness (QED) is 0.422. The highest BCUT2D eigenvalue weighted by molar-refractivity contribution is 4.97. The van der Waals surface area contributed by atoms with Crippen LogP contribution < -0.4 is 0 Å². The fourth-order valence-electron chi connectivity index (χ4n) is 2.01. The van der Waals surface area contributed by atoms with Crippen LogP contribution in [0.15, 0.2) is 12.2 Å². The van der Waals surface area contributed by atoms with E-state index in [1.165, 1.54) is 51.4 Å². The second-order valence-corrected chi connectivity index (χ2v) is 6.19. The Balaban J connectivity index is 1.49. The van der Waals surface area contributed by atoms with Gasteiger partial charge < -0.3 is 0 Å². The molecule has 0 N–H and O–H groups in total. The third kappa shape index (κ3) is 3.15. The summed E-state index contributed by atoms with van der Waals surface area (Å²) in [5.74, 6) is 0. The van der Waals surface area contributed by atoms with Crippen molar-refractivity contribution in [2.24, 2.45) is 10.8 Å². The van der Waals surface area contributed by atoms with E-state index in [0.29, 0.717) is 5.41 Å². The van der Waals surface area contributed by atoms with Crippen LogP contribution in [0.3, 0.4) is 0 Å². The standard InChI is InChI=1S/C14H24/c1-13(9-10-13)7-5-3-4-6-8-14(2)11-12-14/h3,5H,4,6-12H2,1-2H3/b5-3-. The summed E-state index contributed by atoms with van der Waals surface area (Å²) in [5, 5.41) is 0. The summed E-state index contributed by atoms with van der Waals surface area (Å²) in [6.45, 7) is 4.84. The predicted molar refractivity (Wildman–Crippen MR) is 62.3 cm³/mol. The highest BCUT2D eigenvalue weighted by atomic mass is 14.4. The van der Waals surface area contributed by atoms with E-state index in [1.54, 1.807) is 0 Å². The molecule has 0 aliphatic heterocycles. The van der Waals surface area contributed by atoms with Crippen molar-refractivity contribution in [2.75, 3.05) is 0 Å². The minimum absolute atomic E-state index is 0.707. The predicted octanol–water partition coefficient (Wildman–Crippen LogP) is 4.70. The smallest absolute Gasteiger partial charge is 0.0291 e. The normalized spacial score (nSPS) is 26.7. The van der Waals surface area contributed by atoms with Crippen LogP contribution in [0.2, 0.25) is 0 Å². The van der Waals surface area contributed by atoms with E-state index in [2.05, 4.69) is 26.0 Å². The number of allylic oxidation sites excluding steroid dienone is 2. The zero-order chi connectivity index (χ0) is 10.1. The molecule has 0 heteroatoms. The Morgan fingerprint density at radius 2 is 1.57 bits per heavy atom. The molecule has 0 aromatic heterocycles. The minimum atomic E-state index is 0.707. The first-order chi connectivity index (χ1) is 6.62. The zero-order valence-electron chi connectivity index (χ0n) is 9.81. The Morgan fingerprint density at radius 3 is 2.14 bits per heavy atom. The van der Waals surface area contributed by atoms with Gasteiger partial charge >= 0.3 is 0 Å². The molecule has 0 amide bonds. The molecule has 0 aromatic carbocycles. The van der Waals surface area contributed by atoms with E-state index < -0.39 is 0 Å². The van der Waals surface area contributed by atoms with Crippen LogP contribution in [-0.4, -0.2) is 0 Å². The van der Waals surface area contributed by atoms with Crippen molar-refractivity contribution in [3.8, 4) is 0 Å². The fraction of sp³-hybridized carbons (Fsp3) is 0.857. The van der Waals surface area contributed by atoms with Crippen molar-refractivity contribution in [1.82, 2.24) is 0 Å². The lowest BCUT2D eigenvalue weighted by Crippen LogP contribution is -1.91. The number of rotatable bonds is 6. The Labute approximate surface area is 88.8 Å². The fourth-order valence-corrected chi connectivity index (χ4v) is 2.01. The van der Waals surface area contributed by atoms with Gasteiger partial charge in [-0.3, -0.25) is 0 Å². The number of hydrogen-bond acceptors (Lipinski definition) is 0. The third-order valence-electron chi connectivity index (χ3n) is 4.14. The molecule has 0 spiro atoms. The van der Waals surface area contributed by atoms with Crippen molar-refractivity contribution >= 4 is 0 Å². The summed E-state index contributed by atoms with van der Waals surface area (Å²) in [4.78, 5) is 0. The molecule has 2 saturated carbocycles.